The van der Waals surface area contributed by atoms with Crippen LogP contribution in [0, 0.1) is 0 Å². The maximum absolute atomic E-state index is 11.1. The van der Waals surface area contributed by atoms with E-state index in [1.165, 1.54) is 31.8 Å². The minimum absolute atomic E-state index is 0.203. The van der Waals surface area contributed by atoms with E-state index in [9.17, 15) is 4.79 Å². The van der Waals surface area contributed by atoms with Crippen LogP contribution in [-0.2, 0) is 16.0 Å². The number of rotatable bonds is 2. The van der Waals surface area contributed by atoms with E-state index < -0.39 is 0 Å². The molecule has 2 aromatic carbocycles. The number of fused-ring (bicyclic) bond motifs is 1. The number of esters is 1. The number of hydrogen-bond acceptors (Lipinski definition) is 2. The highest BCUT2D eigenvalue weighted by atomic mass is 16.5. The molecule has 18 heavy (non-hydrogen) atoms. The second kappa shape index (κ2) is 6.20. The number of carbonyl (C=O) groups excluding carboxylic acids is 1. The Kier molecular flexibility index (Phi) is 4.35. The van der Waals surface area contributed by atoms with E-state index in [1.54, 1.807) is 0 Å². The number of ether oxygens (including phenoxy) is 1. The van der Waals surface area contributed by atoms with Crippen molar-refractivity contribution < 1.29 is 9.53 Å². The van der Waals surface area contributed by atoms with Gasteiger partial charge in [0.25, 0.3) is 0 Å². The maximum Gasteiger partial charge on any atom is 0.309 e. The predicted molar refractivity (Wildman–Crippen MR) is 73.5 cm³/mol. The molecule has 0 aromatic heterocycles. The lowest BCUT2D eigenvalue weighted by Gasteiger charge is -2.02. The van der Waals surface area contributed by atoms with Crippen LogP contribution in [-0.4, -0.2) is 13.1 Å². The Balaban J connectivity index is 0.000000350. The monoisotopic (exact) mass is 242 g/mol. The van der Waals surface area contributed by atoms with Gasteiger partial charge in [-0.2, -0.15) is 0 Å². The van der Waals surface area contributed by atoms with E-state index >= 15 is 0 Å². The van der Waals surface area contributed by atoms with Crippen LogP contribution in [0.4, 0.5) is 0 Å². The molecule has 0 radical (unpaired) electrons. The highest BCUT2D eigenvalue weighted by Crippen LogP contribution is 2.16. The van der Waals surface area contributed by atoms with Crippen LogP contribution in [0.3, 0.4) is 0 Å². The molecular weight excluding hydrogens is 224 g/mol. The van der Waals surface area contributed by atoms with Gasteiger partial charge in [-0.25, -0.2) is 0 Å². The Bertz CT molecular complexity index is 527. The van der Waals surface area contributed by atoms with Crippen LogP contribution in [0.5, 0.6) is 0 Å². The summed E-state index contributed by atoms with van der Waals surface area (Å²) in [5, 5.41) is 2.34. The van der Waals surface area contributed by atoms with Crippen LogP contribution in [0.2, 0.25) is 0 Å². The van der Waals surface area contributed by atoms with Crippen LogP contribution < -0.4 is 0 Å². The largest absolute Gasteiger partial charge is 0.469 e. The van der Waals surface area contributed by atoms with Crippen LogP contribution in [0.25, 0.3) is 10.8 Å². The molecule has 3 rings (SSSR count). The predicted octanol–water partition coefficient (Wildman–Crippen LogP) is 3.73. The van der Waals surface area contributed by atoms with Crippen molar-refractivity contribution in [3.8, 4) is 0 Å². The molecule has 0 aliphatic heterocycles. The molecule has 1 aliphatic carbocycles. The lowest BCUT2D eigenvalue weighted by Crippen LogP contribution is -2.04. The topological polar surface area (TPSA) is 26.3 Å². The Morgan fingerprint density at radius 1 is 1.06 bits per heavy atom. The van der Waals surface area contributed by atoms with Gasteiger partial charge in [0.05, 0.1) is 13.5 Å². The molecule has 2 heteroatoms. The SMILES string of the molecule is C1CC1.COC(=O)Cc1ccc2ccccc2c1. The van der Waals surface area contributed by atoms with E-state index in [0.29, 0.717) is 6.42 Å². The second-order valence-electron chi connectivity index (χ2n) is 4.50. The Hall–Kier alpha value is -1.83. The average molecular weight is 242 g/mol. The lowest BCUT2D eigenvalue weighted by molar-refractivity contribution is -0.139. The number of carbonyl (C=O) groups is 1. The molecular formula is C16H18O2. The smallest absolute Gasteiger partial charge is 0.309 e. The van der Waals surface area contributed by atoms with Crippen LogP contribution >= 0.6 is 0 Å². The first-order valence-corrected chi connectivity index (χ1v) is 6.34. The van der Waals surface area contributed by atoms with Gasteiger partial charge in [-0.1, -0.05) is 61.7 Å². The van der Waals surface area contributed by atoms with E-state index in [0.717, 1.165) is 10.9 Å². The van der Waals surface area contributed by atoms with E-state index in [-0.39, 0.29) is 5.97 Å². The summed E-state index contributed by atoms with van der Waals surface area (Å²) in [6.45, 7) is 0. The molecule has 0 N–H and O–H groups in total. The summed E-state index contributed by atoms with van der Waals surface area (Å²) < 4.78 is 4.63. The zero-order chi connectivity index (χ0) is 12.8. The van der Waals surface area contributed by atoms with Crippen molar-refractivity contribution in [2.45, 2.75) is 25.7 Å². The molecule has 0 amide bonds. The van der Waals surface area contributed by atoms with Gasteiger partial charge in [-0.15, -0.1) is 0 Å². The quantitative estimate of drug-likeness (QED) is 0.750. The lowest BCUT2D eigenvalue weighted by atomic mass is 10.1. The molecule has 0 heterocycles. The summed E-state index contributed by atoms with van der Waals surface area (Å²) in [5.74, 6) is -0.203. The number of hydrogen-bond donors (Lipinski definition) is 0. The van der Waals surface area contributed by atoms with Gasteiger partial charge in [-0.05, 0) is 16.3 Å². The van der Waals surface area contributed by atoms with Crippen molar-refractivity contribution in [3.63, 3.8) is 0 Å². The average Bonchev–Trinajstić information content (AvgIpc) is 3.26. The third-order valence-electron chi connectivity index (χ3n) is 2.74. The Morgan fingerprint density at radius 3 is 2.33 bits per heavy atom. The third kappa shape index (κ3) is 3.88. The summed E-state index contributed by atoms with van der Waals surface area (Å²) in [5.41, 5.74) is 0.987. The van der Waals surface area contributed by atoms with Gasteiger partial charge >= 0.3 is 5.97 Å². The fourth-order valence-corrected chi connectivity index (χ4v) is 1.59. The molecule has 0 saturated heterocycles. The molecule has 0 spiro atoms. The molecule has 94 valence electrons. The maximum atomic E-state index is 11.1. The third-order valence-corrected chi connectivity index (χ3v) is 2.74. The van der Waals surface area contributed by atoms with Crippen molar-refractivity contribution in [3.05, 3.63) is 48.0 Å². The molecule has 1 aliphatic rings. The summed E-state index contributed by atoms with van der Waals surface area (Å²) in [4.78, 5) is 11.1. The highest BCUT2D eigenvalue weighted by Gasteiger charge is 2.02. The Labute approximate surface area is 108 Å². The first-order chi connectivity index (χ1) is 8.79. The molecule has 1 fully saturated rings. The summed E-state index contributed by atoms with van der Waals surface area (Å²) in [6, 6.07) is 14.1. The summed E-state index contributed by atoms with van der Waals surface area (Å²) in [7, 11) is 1.41. The van der Waals surface area contributed by atoms with Gasteiger partial charge in [0.2, 0.25) is 0 Å². The molecule has 0 bridgehead atoms. The fourth-order valence-electron chi connectivity index (χ4n) is 1.59. The number of methoxy groups -OCH3 is 1. The fraction of sp³-hybridized carbons (Fsp3) is 0.312. The van der Waals surface area contributed by atoms with E-state index in [4.69, 9.17) is 0 Å². The van der Waals surface area contributed by atoms with E-state index in [2.05, 4.69) is 10.8 Å². The van der Waals surface area contributed by atoms with Gasteiger partial charge in [0, 0.05) is 0 Å². The minimum atomic E-state index is -0.203. The van der Waals surface area contributed by atoms with Gasteiger partial charge in [0.1, 0.15) is 0 Å². The molecule has 2 nitrogen and oxygen atoms in total. The summed E-state index contributed by atoms with van der Waals surface area (Å²) >= 11 is 0. The van der Waals surface area contributed by atoms with Crippen molar-refractivity contribution in [2.24, 2.45) is 0 Å². The second-order valence-corrected chi connectivity index (χ2v) is 4.50. The van der Waals surface area contributed by atoms with Crippen molar-refractivity contribution >= 4 is 16.7 Å². The van der Waals surface area contributed by atoms with Crippen molar-refractivity contribution in [1.29, 1.82) is 0 Å². The molecule has 0 unspecified atom stereocenters. The van der Waals surface area contributed by atoms with Crippen LogP contribution in [0.1, 0.15) is 24.8 Å². The standard InChI is InChI=1S/C13H12O2.C3H6/c1-15-13(14)9-10-6-7-11-4-2-3-5-12(11)8-10;1-2-3-1/h2-8H,9H2,1H3;1-3H2. The zero-order valence-electron chi connectivity index (χ0n) is 10.7. The zero-order valence-corrected chi connectivity index (χ0v) is 10.7. The highest BCUT2D eigenvalue weighted by molar-refractivity contribution is 5.84. The minimum Gasteiger partial charge on any atom is -0.469 e. The van der Waals surface area contributed by atoms with Gasteiger partial charge < -0.3 is 4.74 Å². The molecule has 1 saturated carbocycles. The normalized spacial score (nSPS) is 12.5. The van der Waals surface area contributed by atoms with E-state index in [1.807, 2.05) is 36.4 Å². The number of benzene rings is 2. The molecule has 2 aromatic rings. The molecule has 0 atom stereocenters. The van der Waals surface area contributed by atoms with Gasteiger partial charge in [0.15, 0.2) is 0 Å². The van der Waals surface area contributed by atoms with Crippen molar-refractivity contribution in [2.75, 3.05) is 7.11 Å². The first-order valence-electron chi connectivity index (χ1n) is 6.34. The Morgan fingerprint density at radius 2 is 1.72 bits per heavy atom. The first kappa shape index (κ1) is 12.6. The van der Waals surface area contributed by atoms with Crippen LogP contribution in [0.15, 0.2) is 42.5 Å². The summed E-state index contributed by atoms with van der Waals surface area (Å²) in [6.07, 6.45) is 4.83. The van der Waals surface area contributed by atoms with Crippen molar-refractivity contribution in [1.82, 2.24) is 0 Å². The van der Waals surface area contributed by atoms with Gasteiger partial charge in [-0.3, -0.25) is 4.79 Å².